The Morgan fingerprint density at radius 3 is 2.38 bits per heavy atom. The summed E-state index contributed by atoms with van der Waals surface area (Å²) in [6, 6.07) is 19.4. The van der Waals surface area contributed by atoms with Gasteiger partial charge in [0.2, 0.25) is 5.91 Å². The molecule has 1 amide bonds. The summed E-state index contributed by atoms with van der Waals surface area (Å²) in [6.07, 6.45) is 1.43. The molecule has 3 aromatic carbocycles. The van der Waals surface area contributed by atoms with Gasteiger partial charge in [0, 0.05) is 5.56 Å². The van der Waals surface area contributed by atoms with Crippen molar-refractivity contribution >= 4 is 22.2 Å². The number of methoxy groups -OCH3 is 2. The molecule has 0 spiro atoms. The summed E-state index contributed by atoms with van der Waals surface area (Å²) in [5, 5.41) is 3.92. The Bertz CT molecular complexity index is 1210. The van der Waals surface area contributed by atoms with Gasteiger partial charge in [0.25, 0.3) is 0 Å². The zero-order valence-corrected chi connectivity index (χ0v) is 18.3. The summed E-state index contributed by atoms with van der Waals surface area (Å²) in [7, 11) is -1.02. The molecule has 3 aromatic rings. The largest absolute Gasteiger partial charge is 0.497 e. The minimum atomic E-state index is -4.07. The first-order valence-electron chi connectivity index (χ1n) is 9.53. The number of rotatable bonds is 9. The maximum absolute atomic E-state index is 12.6. The van der Waals surface area contributed by atoms with E-state index >= 15 is 0 Å². The van der Waals surface area contributed by atoms with Crippen LogP contribution in [0.25, 0.3) is 0 Å². The molecule has 0 heterocycles. The van der Waals surface area contributed by atoms with Crippen LogP contribution in [0, 0.1) is 0 Å². The first-order valence-corrected chi connectivity index (χ1v) is 10.9. The molecule has 0 atom stereocenters. The smallest absolute Gasteiger partial charge is 0.339 e. The van der Waals surface area contributed by atoms with Crippen molar-refractivity contribution in [3.63, 3.8) is 0 Å². The molecule has 0 aromatic heterocycles. The summed E-state index contributed by atoms with van der Waals surface area (Å²) in [6.45, 7) is 0. The summed E-state index contributed by atoms with van der Waals surface area (Å²) < 4.78 is 40.7. The molecule has 0 saturated heterocycles. The molecule has 3 rings (SSSR count). The Labute approximate surface area is 186 Å². The quantitative estimate of drug-likeness (QED) is 0.303. The number of hydrogen-bond acceptors (Lipinski definition) is 7. The summed E-state index contributed by atoms with van der Waals surface area (Å²) in [5.74, 6) is 0.928. The number of nitrogens with zero attached hydrogens (tertiary/aromatic N) is 1. The van der Waals surface area contributed by atoms with Gasteiger partial charge < -0.3 is 13.7 Å². The molecule has 0 aliphatic heterocycles. The van der Waals surface area contributed by atoms with Gasteiger partial charge in [0.1, 0.15) is 16.4 Å². The van der Waals surface area contributed by atoms with E-state index in [1.807, 2.05) is 0 Å². The number of ether oxygens (including phenoxy) is 2. The van der Waals surface area contributed by atoms with Crippen LogP contribution >= 0.6 is 0 Å². The van der Waals surface area contributed by atoms with Crippen LogP contribution in [-0.4, -0.2) is 34.8 Å². The van der Waals surface area contributed by atoms with Gasteiger partial charge >= 0.3 is 10.1 Å². The van der Waals surface area contributed by atoms with E-state index in [0.29, 0.717) is 17.1 Å². The average Bonchev–Trinajstić information content (AvgIpc) is 2.80. The van der Waals surface area contributed by atoms with Crippen molar-refractivity contribution in [3.05, 3.63) is 83.9 Å². The number of nitrogens with one attached hydrogen (secondary N) is 1. The number of para-hydroxylation sites is 1. The lowest BCUT2D eigenvalue weighted by atomic mass is 10.1. The van der Waals surface area contributed by atoms with Crippen LogP contribution in [0.4, 0.5) is 0 Å². The molecular weight excluding hydrogens is 432 g/mol. The number of amides is 1. The Morgan fingerprint density at radius 1 is 0.938 bits per heavy atom. The molecule has 166 valence electrons. The van der Waals surface area contributed by atoms with Crippen LogP contribution in [0.3, 0.4) is 0 Å². The molecule has 0 bridgehead atoms. The van der Waals surface area contributed by atoms with Crippen LogP contribution < -0.4 is 19.1 Å². The van der Waals surface area contributed by atoms with Crippen molar-refractivity contribution < 1.29 is 26.9 Å². The van der Waals surface area contributed by atoms with Crippen LogP contribution in [0.5, 0.6) is 17.2 Å². The van der Waals surface area contributed by atoms with Crippen molar-refractivity contribution in [2.75, 3.05) is 14.2 Å². The third-order valence-corrected chi connectivity index (χ3v) is 5.61. The molecule has 1 N–H and O–H groups in total. The van der Waals surface area contributed by atoms with Gasteiger partial charge in [-0.25, -0.2) is 5.43 Å². The predicted octanol–water partition coefficient (Wildman–Crippen LogP) is 3.16. The average molecular weight is 455 g/mol. The molecule has 0 unspecified atom stereocenters. The Kier molecular flexibility index (Phi) is 7.45. The van der Waals surface area contributed by atoms with Crippen molar-refractivity contribution in [1.82, 2.24) is 5.43 Å². The summed E-state index contributed by atoms with van der Waals surface area (Å²) >= 11 is 0. The number of hydrazone groups is 1. The zero-order valence-electron chi connectivity index (χ0n) is 17.5. The highest BCUT2D eigenvalue weighted by Crippen LogP contribution is 2.23. The second-order valence-electron chi connectivity index (χ2n) is 6.57. The lowest BCUT2D eigenvalue weighted by Gasteiger charge is -2.10. The van der Waals surface area contributed by atoms with Gasteiger partial charge in [0.05, 0.1) is 26.9 Å². The fraction of sp³-hybridized carbons (Fsp3) is 0.130. The Balaban J connectivity index is 1.67. The van der Waals surface area contributed by atoms with E-state index in [4.69, 9.17) is 13.7 Å². The molecule has 9 heteroatoms. The van der Waals surface area contributed by atoms with E-state index in [1.165, 1.54) is 43.7 Å². The van der Waals surface area contributed by atoms with Crippen LogP contribution in [0.1, 0.15) is 11.1 Å². The van der Waals surface area contributed by atoms with Crippen molar-refractivity contribution in [2.45, 2.75) is 11.3 Å². The third kappa shape index (κ3) is 6.08. The van der Waals surface area contributed by atoms with Gasteiger partial charge in [0.15, 0.2) is 5.75 Å². The molecule has 0 aliphatic carbocycles. The molecule has 0 fully saturated rings. The van der Waals surface area contributed by atoms with Crippen molar-refractivity contribution in [1.29, 1.82) is 0 Å². The molecular formula is C23H22N2O6S. The Hall–Kier alpha value is -3.85. The van der Waals surface area contributed by atoms with Crippen molar-refractivity contribution in [3.8, 4) is 17.2 Å². The number of benzene rings is 3. The van der Waals surface area contributed by atoms with Crippen LogP contribution in [0.2, 0.25) is 0 Å². The predicted molar refractivity (Wildman–Crippen MR) is 120 cm³/mol. The minimum Gasteiger partial charge on any atom is -0.497 e. The summed E-state index contributed by atoms with van der Waals surface area (Å²) in [4.78, 5) is 12.1. The van der Waals surface area contributed by atoms with Gasteiger partial charge in [-0.3, -0.25) is 4.79 Å². The second-order valence-corrected chi connectivity index (χ2v) is 8.12. The molecule has 0 aliphatic rings. The van der Waals surface area contributed by atoms with E-state index in [9.17, 15) is 13.2 Å². The van der Waals surface area contributed by atoms with Crippen LogP contribution in [-0.2, 0) is 21.3 Å². The number of carbonyl (C=O) groups is 1. The van der Waals surface area contributed by atoms with Gasteiger partial charge in [-0.05, 0) is 54.1 Å². The molecule has 0 saturated carbocycles. The molecule has 32 heavy (non-hydrogen) atoms. The maximum Gasteiger partial charge on any atom is 0.339 e. The standard InChI is InChI=1S/C23H22N2O6S/c1-29-19-10-12-21(13-11-19)32(27,28)31-22-9-4-3-7-18(22)16-24-25-23(26)15-17-6-5-8-20(14-17)30-2/h3-14,16H,15H2,1-2H3,(H,25,26). The number of carbonyl (C=O) groups excluding carboxylic acids is 1. The number of hydrogen-bond donors (Lipinski definition) is 1. The van der Waals surface area contributed by atoms with E-state index in [-0.39, 0.29) is 23.0 Å². The fourth-order valence-corrected chi connectivity index (χ4v) is 3.71. The highest BCUT2D eigenvalue weighted by molar-refractivity contribution is 7.87. The lowest BCUT2D eigenvalue weighted by molar-refractivity contribution is -0.120. The maximum atomic E-state index is 12.6. The van der Waals surface area contributed by atoms with Gasteiger partial charge in [-0.1, -0.05) is 24.3 Å². The Morgan fingerprint density at radius 2 is 1.66 bits per heavy atom. The van der Waals surface area contributed by atoms with E-state index < -0.39 is 10.1 Å². The highest BCUT2D eigenvalue weighted by Gasteiger charge is 2.18. The summed E-state index contributed by atoms with van der Waals surface area (Å²) in [5.41, 5.74) is 3.57. The SMILES string of the molecule is COc1ccc(S(=O)(=O)Oc2ccccc2C=NNC(=O)Cc2cccc(OC)c2)cc1. The van der Waals surface area contributed by atoms with Crippen molar-refractivity contribution in [2.24, 2.45) is 5.10 Å². The highest BCUT2D eigenvalue weighted by atomic mass is 32.2. The lowest BCUT2D eigenvalue weighted by Crippen LogP contribution is -2.19. The van der Waals surface area contributed by atoms with E-state index in [2.05, 4.69) is 10.5 Å². The normalized spacial score (nSPS) is 11.2. The minimum absolute atomic E-state index is 0.0170. The second kappa shape index (κ2) is 10.5. The third-order valence-electron chi connectivity index (χ3n) is 4.36. The monoisotopic (exact) mass is 454 g/mol. The van der Waals surface area contributed by atoms with E-state index in [1.54, 1.807) is 49.6 Å². The fourth-order valence-electron chi connectivity index (χ4n) is 2.75. The van der Waals surface area contributed by atoms with Gasteiger partial charge in [-0.2, -0.15) is 13.5 Å². The van der Waals surface area contributed by atoms with E-state index in [0.717, 1.165) is 5.56 Å². The van der Waals surface area contributed by atoms with Crippen LogP contribution in [0.15, 0.2) is 82.8 Å². The molecule has 8 nitrogen and oxygen atoms in total. The zero-order chi connectivity index (χ0) is 23.0. The topological polar surface area (TPSA) is 103 Å². The molecule has 0 radical (unpaired) electrons. The first-order chi connectivity index (χ1) is 15.4. The first kappa shape index (κ1) is 22.8. The van der Waals surface area contributed by atoms with Gasteiger partial charge in [-0.15, -0.1) is 0 Å².